The van der Waals surface area contributed by atoms with Crippen molar-refractivity contribution >= 4 is 29.3 Å². The number of likely N-dealkylation sites (N-methyl/N-ethyl adjacent to an activating group) is 1. The fourth-order valence-electron chi connectivity index (χ4n) is 2.49. The summed E-state index contributed by atoms with van der Waals surface area (Å²) in [6, 6.07) is 7.96. The number of rotatable bonds is 6. The zero-order valence-corrected chi connectivity index (χ0v) is 14.9. The normalized spacial score (nSPS) is 17.0. The van der Waals surface area contributed by atoms with Gasteiger partial charge in [0.1, 0.15) is 0 Å². The Morgan fingerprint density at radius 2 is 2.04 bits per heavy atom. The molecule has 5 nitrogen and oxygen atoms in total. The highest BCUT2D eigenvalue weighted by Crippen LogP contribution is 2.38. The fraction of sp³-hybridized carbons (Fsp3) is 0.529. The highest BCUT2D eigenvalue weighted by Gasteiger charge is 2.26. The Kier molecular flexibility index (Phi) is 6.47. The number of carbonyl (C=O) groups is 2. The molecule has 0 spiro atoms. The third-order valence-electron chi connectivity index (χ3n) is 3.67. The van der Waals surface area contributed by atoms with E-state index in [4.69, 9.17) is 0 Å². The first-order valence-electron chi connectivity index (χ1n) is 7.95. The number of amides is 2. The molecule has 0 bridgehead atoms. The zero-order valence-electron chi connectivity index (χ0n) is 14.0. The van der Waals surface area contributed by atoms with Crippen LogP contribution in [0.4, 0.5) is 5.69 Å². The molecule has 0 aliphatic carbocycles. The van der Waals surface area contributed by atoms with Gasteiger partial charge in [-0.05, 0) is 26.2 Å². The van der Waals surface area contributed by atoms with E-state index in [0.29, 0.717) is 18.3 Å². The van der Waals surface area contributed by atoms with E-state index in [2.05, 4.69) is 12.2 Å². The first-order valence-corrected chi connectivity index (χ1v) is 8.83. The van der Waals surface area contributed by atoms with Crippen LogP contribution in [0.3, 0.4) is 0 Å². The number of anilines is 1. The summed E-state index contributed by atoms with van der Waals surface area (Å²) in [4.78, 5) is 29.3. The van der Waals surface area contributed by atoms with Gasteiger partial charge in [-0.1, -0.05) is 19.1 Å². The predicted octanol–water partition coefficient (Wildman–Crippen LogP) is 1.97. The summed E-state index contributed by atoms with van der Waals surface area (Å²) in [5, 5.41) is 3.21. The molecule has 2 amide bonds. The second kappa shape index (κ2) is 8.36. The Morgan fingerprint density at radius 1 is 1.30 bits per heavy atom. The monoisotopic (exact) mass is 335 g/mol. The van der Waals surface area contributed by atoms with Gasteiger partial charge in [0.25, 0.3) is 0 Å². The predicted molar refractivity (Wildman–Crippen MR) is 94.9 cm³/mol. The van der Waals surface area contributed by atoms with Gasteiger partial charge in [-0.3, -0.25) is 9.59 Å². The van der Waals surface area contributed by atoms with E-state index in [0.717, 1.165) is 17.1 Å². The first kappa shape index (κ1) is 17.8. The van der Waals surface area contributed by atoms with Crippen LogP contribution < -0.4 is 10.2 Å². The fourth-order valence-corrected chi connectivity index (χ4v) is 3.60. The topological polar surface area (TPSA) is 52.7 Å². The summed E-state index contributed by atoms with van der Waals surface area (Å²) < 4.78 is 0. The van der Waals surface area contributed by atoms with Crippen LogP contribution in [0.1, 0.15) is 19.8 Å². The van der Waals surface area contributed by atoms with Gasteiger partial charge >= 0.3 is 0 Å². The standard InChI is InChI=1S/C17H25N3O2S/c1-13-12-20(14-6-4-5-7-15(14)23-13)17(22)9-8-16(21)18-10-11-19(2)3/h4-7,13H,8-12H2,1-3H3,(H,18,21)/t13-/m1/s1. The van der Waals surface area contributed by atoms with E-state index in [9.17, 15) is 9.59 Å². The summed E-state index contributed by atoms with van der Waals surface area (Å²) in [5.74, 6) is -0.0414. The van der Waals surface area contributed by atoms with Gasteiger partial charge in [-0.25, -0.2) is 0 Å². The van der Waals surface area contributed by atoms with Crippen molar-refractivity contribution in [2.45, 2.75) is 29.9 Å². The second-order valence-corrected chi connectivity index (χ2v) is 7.53. The van der Waals surface area contributed by atoms with Gasteiger partial charge < -0.3 is 15.1 Å². The largest absolute Gasteiger partial charge is 0.355 e. The zero-order chi connectivity index (χ0) is 16.8. The van der Waals surface area contributed by atoms with Crippen LogP contribution in [0.5, 0.6) is 0 Å². The Labute approximate surface area is 142 Å². The van der Waals surface area contributed by atoms with Crippen molar-refractivity contribution in [2.75, 3.05) is 38.6 Å². The molecular formula is C17H25N3O2S. The van der Waals surface area contributed by atoms with Crippen molar-refractivity contribution in [1.29, 1.82) is 0 Å². The number of thioether (sulfide) groups is 1. The van der Waals surface area contributed by atoms with Crippen LogP contribution in [0.15, 0.2) is 29.2 Å². The summed E-state index contributed by atoms with van der Waals surface area (Å²) >= 11 is 1.79. The molecule has 2 rings (SSSR count). The van der Waals surface area contributed by atoms with E-state index in [1.165, 1.54) is 0 Å². The lowest BCUT2D eigenvalue weighted by Gasteiger charge is -2.32. The molecule has 23 heavy (non-hydrogen) atoms. The number of carbonyl (C=O) groups excluding carboxylic acids is 2. The molecule has 0 saturated carbocycles. The Morgan fingerprint density at radius 3 is 2.78 bits per heavy atom. The summed E-state index contributed by atoms with van der Waals surface area (Å²) in [7, 11) is 3.92. The maximum Gasteiger partial charge on any atom is 0.227 e. The minimum atomic E-state index is -0.0621. The third-order valence-corrected chi connectivity index (χ3v) is 4.82. The van der Waals surface area contributed by atoms with Crippen molar-refractivity contribution in [3.05, 3.63) is 24.3 Å². The van der Waals surface area contributed by atoms with Crippen molar-refractivity contribution in [3.63, 3.8) is 0 Å². The molecule has 1 heterocycles. The highest BCUT2D eigenvalue weighted by molar-refractivity contribution is 8.00. The number of nitrogens with one attached hydrogen (secondary N) is 1. The first-order chi connectivity index (χ1) is 11.0. The molecule has 126 valence electrons. The molecule has 0 aromatic heterocycles. The van der Waals surface area contributed by atoms with Crippen molar-refractivity contribution in [1.82, 2.24) is 10.2 Å². The number of benzene rings is 1. The molecule has 1 atom stereocenters. The quantitative estimate of drug-likeness (QED) is 0.864. The highest BCUT2D eigenvalue weighted by atomic mass is 32.2. The van der Waals surface area contributed by atoms with Crippen molar-refractivity contribution in [3.8, 4) is 0 Å². The van der Waals surface area contributed by atoms with Crippen molar-refractivity contribution < 1.29 is 9.59 Å². The number of hydrogen-bond acceptors (Lipinski definition) is 4. The van der Waals surface area contributed by atoms with Gasteiger partial charge in [0, 0.05) is 42.6 Å². The smallest absolute Gasteiger partial charge is 0.227 e. The maximum atomic E-state index is 12.5. The minimum Gasteiger partial charge on any atom is -0.355 e. The molecule has 0 saturated heterocycles. The summed E-state index contributed by atoms with van der Waals surface area (Å²) in [6.45, 7) is 4.23. The van der Waals surface area contributed by atoms with Crippen molar-refractivity contribution in [2.24, 2.45) is 0 Å². The van der Waals surface area contributed by atoms with E-state index in [-0.39, 0.29) is 24.7 Å². The number of fused-ring (bicyclic) bond motifs is 1. The Bertz CT molecular complexity index is 563. The molecule has 1 aliphatic rings. The van der Waals surface area contributed by atoms with Gasteiger partial charge in [0.05, 0.1) is 5.69 Å². The molecule has 0 fully saturated rings. The molecule has 1 aromatic carbocycles. The number of hydrogen-bond donors (Lipinski definition) is 1. The number of nitrogens with zero attached hydrogens (tertiary/aromatic N) is 2. The molecule has 0 unspecified atom stereocenters. The molecule has 1 N–H and O–H groups in total. The van der Waals surface area contributed by atoms with E-state index >= 15 is 0 Å². The van der Waals surface area contributed by atoms with Crippen LogP contribution in [0.25, 0.3) is 0 Å². The van der Waals surface area contributed by atoms with Crippen LogP contribution in [0, 0.1) is 0 Å². The summed E-state index contributed by atoms with van der Waals surface area (Å²) in [5.41, 5.74) is 0.966. The molecule has 6 heteroatoms. The van der Waals surface area contributed by atoms with E-state index in [1.54, 1.807) is 11.8 Å². The minimum absolute atomic E-state index is 0.0207. The maximum absolute atomic E-state index is 12.5. The molecular weight excluding hydrogens is 310 g/mol. The van der Waals surface area contributed by atoms with Crippen LogP contribution in [-0.4, -0.2) is 55.7 Å². The van der Waals surface area contributed by atoms with E-state index in [1.807, 2.05) is 48.2 Å². The van der Waals surface area contributed by atoms with Crippen LogP contribution in [0.2, 0.25) is 0 Å². The average molecular weight is 335 g/mol. The average Bonchev–Trinajstić information content (AvgIpc) is 2.51. The van der Waals surface area contributed by atoms with E-state index < -0.39 is 0 Å². The Hall–Kier alpha value is -1.53. The SMILES string of the molecule is C[C@@H]1CN(C(=O)CCC(=O)NCCN(C)C)c2ccccc2S1. The van der Waals surface area contributed by atoms with Gasteiger partial charge in [0.2, 0.25) is 11.8 Å². The van der Waals surface area contributed by atoms with Gasteiger partial charge in [-0.2, -0.15) is 0 Å². The van der Waals surface area contributed by atoms with Crippen LogP contribution >= 0.6 is 11.8 Å². The van der Waals surface area contributed by atoms with Crippen LogP contribution in [-0.2, 0) is 9.59 Å². The van der Waals surface area contributed by atoms with Gasteiger partial charge in [0.15, 0.2) is 0 Å². The molecule has 0 radical (unpaired) electrons. The lowest BCUT2D eigenvalue weighted by molar-refractivity contribution is -0.125. The Balaban J connectivity index is 1.87. The molecule has 1 aromatic rings. The summed E-state index contributed by atoms with van der Waals surface area (Å²) in [6.07, 6.45) is 0.492. The van der Waals surface area contributed by atoms with Gasteiger partial charge in [-0.15, -0.1) is 11.8 Å². The molecule has 1 aliphatic heterocycles. The number of para-hydroxylation sites is 1. The lowest BCUT2D eigenvalue weighted by Crippen LogP contribution is -2.39. The second-order valence-electron chi connectivity index (χ2n) is 6.05. The lowest BCUT2D eigenvalue weighted by atomic mass is 10.2. The third kappa shape index (κ3) is 5.25.